The normalized spacial score (nSPS) is 22.1. The molecule has 3 nitrogen and oxygen atoms in total. The van der Waals surface area contributed by atoms with E-state index in [1.165, 1.54) is 0 Å². The van der Waals surface area contributed by atoms with Gasteiger partial charge in [0.25, 0.3) is 0 Å². The van der Waals surface area contributed by atoms with Crippen molar-refractivity contribution in [1.29, 1.82) is 0 Å². The Bertz CT molecular complexity index is 502. The maximum atomic E-state index is 12.3. The molecule has 0 saturated carbocycles. The van der Waals surface area contributed by atoms with Gasteiger partial charge in [-0.25, -0.2) is 0 Å². The third-order valence-electron chi connectivity index (χ3n) is 2.85. The van der Waals surface area contributed by atoms with Gasteiger partial charge in [-0.2, -0.15) is 0 Å². The van der Waals surface area contributed by atoms with E-state index in [-0.39, 0.29) is 18.2 Å². The molecular formula is C14H14O3. The highest BCUT2D eigenvalue weighted by Gasteiger charge is 2.38. The van der Waals surface area contributed by atoms with E-state index in [1.807, 2.05) is 18.2 Å². The van der Waals surface area contributed by atoms with Gasteiger partial charge in [0.05, 0.1) is 0 Å². The summed E-state index contributed by atoms with van der Waals surface area (Å²) < 4.78 is 5.22. The van der Waals surface area contributed by atoms with E-state index in [2.05, 4.69) is 0 Å². The number of hydrogen-bond donors (Lipinski definition) is 0. The van der Waals surface area contributed by atoms with Gasteiger partial charge in [0.1, 0.15) is 0 Å². The molecule has 17 heavy (non-hydrogen) atoms. The largest absolute Gasteiger partial charge is 0.447 e. The summed E-state index contributed by atoms with van der Waals surface area (Å²) in [4.78, 5) is 23.6. The molecule has 0 radical (unpaired) electrons. The lowest BCUT2D eigenvalue weighted by molar-refractivity contribution is -0.150. The first-order valence-electron chi connectivity index (χ1n) is 5.62. The van der Waals surface area contributed by atoms with Gasteiger partial charge in [-0.05, 0) is 18.6 Å². The highest BCUT2D eigenvalue weighted by molar-refractivity contribution is 6.09. The molecule has 0 spiro atoms. The van der Waals surface area contributed by atoms with Crippen LogP contribution in [0.5, 0.6) is 0 Å². The monoisotopic (exact) mass is 230 g/mol. The third kappa shape index (κ3) is 2.00. The molecule has 1 aromatic rings. The number of rotatable bonds is 2. The summed E-state index contributed by atoms with van der Waals surface area (Å²) in [6.07, 6.45) is 3.73. The van der Waals surface area contributed by atoms with Gasteiger partial charge in [0.15, 0.2) is 5.60 Å². The summed E-state index contributed by atoms with van der Waals surface area (Å²) >= 11 is 0. The Morgan fingerprint density at radius 1 is 1.35 bits per heavy atom. The van der Waals surface area contributed by atoms with Crippen LogP contribution in [0.2, 0.25) is 0 Å². The first kappa shape index (κ1) is 11.6. The number of carbonyl (C=O) groups excluding carboxylic acids is 2. The Balaban J connectivity index is 2.37. The quantitative estimate of drug-likeness (QED) is 0.733. The number of esters is 1. The minimum Gasteiger partial charge on any atom is -0.447 e. The van der Waals surface area contributed by atoms with Gasteiger partial charge >= 0.3 is 5.97 Å². The maximum absolute atomic E-state index is 12.3. The van der Waals surface area contributed by atoms with Gasteiger partial charge in [-0.1, -0.05) is 37.3 Å². The molecule has 2 rings (SSSR count). The number of ketones is 1. The van der Waals surface area contributed by atoms with E-state index in [4.69, 9.17) is 4.74 Å². The smallest absolute Gasteiger partial charge is 0.306 e. The van der Waals surface area contributed by atoms with Crippen LogP contribution in [0, 0.1) is 0 Å². The van der Waals surface area contributed by atoms with E-state index < -0.39 is 5.60 Å². The van der Waals surface area contributed by atoms with Crippen LogP contribution in [0.3, 0.4) is 0 Å². The SMILES string of the molecule is CCC(=O)O[C@@]1(C)C=Cc2ccccc2C1=O. The van der Waals surface area contributed by atoms with Crippen LogP contribution in [-0.2, 0) is 9.53 Å². The van der Waals surface area contributed by atoms with Crippen LogP contribution in [0.15, 0.2) is 30.3 Å². The van der Waals surface area contributed by atoms with Crippen molar-refractivity contribution in [2.24, 2.45) is 0 Å². The lowest BCUT2D eigenvalue weighted by Crippen LogP contribution is -2.40. The molecule has 1 atom stereocenters. The van der Waals surface area contributed by atoms with Gasteiger partial charge in [0.2, 0.25) is 5.78 Å². The Hall–Kier alpha value is -1.90. The molecule has 88 valence electrons. The van der Waals surface area contributed by atoms with Crippen molar-refractivity contribution in [1.82, 2.24) is 0 Å². The van der Waals surface area contributed by atoms with E-state index in [9.17, 15) is 9.59 Å². The van der Waals surface area contributed by atoms with Gasteiger partial charge < -0.3 is 4.74 Å². The minimum atomic E-state index is -1.17. The van der Waals surface area contributed by atoms with Crippen LogP contribution in [-0.4, -0.2) is 17.4 Å². The lowest BCUT2D eigenvalue weighted by Gasteiger charge is -2.28. The van der Waals surface area contributed by atoms with Crippen molar-refractivity contribution in [3.8, 4) is 0 Å². The zero-order valence-electron chi connectivity index (χ0n) is 9.90. The zero-order valence-corrected chi connectivity index (χ0v) is 9.90. The van der Waals surface area contributed by atoms with Crippen LogP contribution in [0.1, 0.15) is 36.2 Å². The molecular weight excluding hydrogens is 216 g/mol. The van der Waals surface area contributed by atoms with E-state index in [1.54, 1.807) is 32.1 Å². The van der Waals surface area contributed by atoms with E-state index >= 15 is 0 Å². The zero-order chi connectivity index (χ0) is 12.5. The fourth-order valence-electron chi connectivity index (χ4n) is 1.83. The van der Waals surface area contributed by atoms with Crippen LogP contribution < -0.4 is 0 Å². The van der Waals surface area contributed by atoms with Crippen molar-refractivity contribution in [3.05, 3.63) is 41.5 Å². The standard InChI is InChI=1S/C14H14O3/c1-3-12(15)17-14(2)9-8-10-6-4-5-7-11(10)13(14)16/h4-9H,3H2,1-2H3/t14-/m0/s1. The highest BCUT2D eigenvalue weighted by atomic mass is 16.6. The van der Waals surface area contributed by atoms with Crippen LogP contribution >= 0.6 is 0 Å². The molecule has 1 aliphatic rings. The number of Topliss-reactive ketones (excluding diaryl/α,β-unsaturated/α-hetero) is 1. The third-order valence-corrected chi connectivity index (χ3v) is 2.85. The molecule has 3 heteroatoms. The molecule has 0 bridgehead atoms. The van der Waals surface area contributed by atoms with Crippen molar-refractivity contribution >= 4 is 17.8 Å². The predicted molar refractivity (Wildman–Crippen MR) is 64.6 cm³/mol. The van der Waals surface area contributed by atoms with Gasteiger partial charge in [-0.3, -0.25) is 9.59 Å². The van der Waals surface area contributed by atoms with Crippen molar-refractivity contribution in [3.63, 3.8) is 0 Å². The fourth-order valence-corrected chi connectivity index (χ4v) is 1.83. The molecule has 0 aromatic heterocycles. The summed E-state index contributed by atoms with van der Waals surface area (Å²) in [7, 11) is 0. The van der Waals surface area contributed by atoms with E-state index in [0.29, 0.717) is 5.56 Å². The average molecular weight is 230 g/mol. The molecule has 0 N–H and O–H groups in total. The molecule has 0 saturated heterocycles. The Labute approximate surface area is 100 Å². The summed E-state index contributed by atoms with van der Waals surface area (Å²) in [5.74, 6) is -0.540. The molecule has 1 aliphatic carbocycles. The topological polar surface area (TPSA) is 43.4 Å². The minimum absolute atomic E-state index is 0.169. The predicted octanol–water partition coefficient (Wildman–Crippen LogP) is 2.61. The number of fused-ring (bicyclic) bond motifs is 1. The molecule has 0 unspecified atom stereocenters. The fraction of sp³-hybridized carbons (Fsp3) is 0.286. The number of benzene rings is 1. The van der Waals surface area contributed by atoms with Gasteiger partial charge in [-0.15, -0.1) is 0 Å². The summed E-state index contributed by atoms with van der Waals surface area (Å²) in [5.41, 5.74) is 0.297. The first-order chi connectivity index (χ1) is 8.07. The lowest BCUT2D eigenvalue weighted by atomic mass is 9.86. The number of hydrogen-bond acceptors (Lipinski definition) is 3. The molecule has 0 amide bonds. The second kappa shape index (κ2) is 4.17. The molecule has 0 aliphatic heterocycles. The summed E-state index contributed by atoms with van der Waals surface area (Å²) in [6, 6.07) is 7.29. The van der Waals surface area contributed by atoms with Crippen molar-refractivity contribution in [2.75, 3.05) is 0 Å². The molecule has 0 fully saturated rings. The second-order valence-electron chi connectivity index (χ2n) is 4.18. The first-order valence-corrected chi connectivity index (χ1v) is 5.62. The Morgan fingerprint density at radius 2 is 2.06 bits per heavy atom. The Morgan fingerprint density at radius 3 is 2.76 bits per heavy atom. The van der Waals surface area contributed by atoms with Gasteiger partial charge in [0, 0.05) is 12.0 Å². The highest BCUT2D eigenvalue weighted by Crippen LogP contribution is 2.28. The number of carbonyl (C=O) groups is 2. The Kier molecular flexibility index (Phi) is 2.84. The van der Waals surface area contributed by atoms with Crippen molar-refractivity contribution < 1.29 is 14.3 Å². The summed E-state index contributed by atoms with van der Waals surface area (Å²) in [5, 5.41) is 0. The molecule has 1 aromatic carbocycles. The number of ether oxygens (including phenoxy) is 1. The van der Waals surface area contributed by atoms with Crippen LogP contribution in [0.25, 0.3) is 6.08 Å². The van der Waals surface area contributed by atoms with Crippen LogP contribution in [0.4, 0.5) is 0 Å². The summed E-state index contributed by atoms with van der Waals surface area (Å²) in [6.45, 7) is 3.33. The van der Waals surface area contributed by atoms with Crippen molar-refractivity contribution in [2.45, 2.75) is 25.9 Å². The average Bonchev–Trinajstić information content (AvgIpc) is 2.34. The maximum Gasteiger partial charge on any atom is 0.306 e. The second-order valence-corrected chi connectivity index (χ2v) is 4.18. The van der Waals surface area contributed by atoms with E-state index in [0.717, 1.165) is 5.56 Å². The molecule has 0 heterocycles.